The number of hydrogen-bond acceptors (Lipinski definition) is 3. The molecule has 1 N–H and O–H groups in total. The molecule has 2 atom stereocenters. The van der Waals surface area contributed by atoms with Crippen molar-refractivity contribution >= 4 is 12.1 Å². The first-order chi connectivity index (χ1) is 15.2. The standard InChI is InChI=1S/C27H31NO4/c1-17-14-26(2,3)16-27(17,24(29)30)28(18-12-13-18)25(31)32-15-23-21-10-6-4-8-19(21)20-9-5-7-11-22(20)23/h4-11,17-18,23H,12-16H2,1-3H3,(H,29,30). The van der Waals surface area contributed by atoms with Gasteiger partial charge in [-0.05, 0) is 59.3 Å². The Hall–Kier alpha value is -2.82. The minimum absolute atomic E-state index is 0.0365. The van der Waals surface area contributed by atoms with Gasteiger partial charge in [-0.3, -0.25) is 4.90 Å². The molecule has 5 nitrogen and oxygen atoms in total. The smallest absolute Gasteiger partial charge is 0.411 e. The van der Waals surface area contributed by atoms with Crippen LogP contribution < -0.4 is 0 Å². The van der Waals surface area contributed by atoms with Gasteiger partial charge in [-0.15, -0.1) is 0 Å². The molecule has 2 fully saturated rings. The molecule has 1 amide bonds. The van der Waals surface area contributed by atoms with Gasteiger partial charge < -0.3 is 9.84 Å². The van der Waals surface area contributed by atoms with Crippen LogP contribution in [0.3, 0.4) is 0 Å². The molecule has 2 aromatic rings. The molecule has 32 heavy (non-hydrogen) atoms. The van der Waals surface area contributed by atoms with E-state index in [1.54, 1.807) is 4.90 Å². The molecular weight excluding hydrogens is 402 g/mol. The molecule has 2 aromatic carbocycles. The van der Waals surface area contributed by atoms with Crippen LogP contribution in [-0.2, 0) is 9.53 Å². The van der Waals surface area contributed by atoms with Crippen molar-refractivity contribution in [2.24, 2.45) is 11.3 Å². The summed E-state index contributed by atoms with van der Waals surface area (Å²) in [6.07, 6.45) is 2.43. The van der Waals surface area contributed by atoms with Gasteiger partial charge in [0.15, 0.2) is 0 Å². The number of hydrogen-bond donors (Lipinski definition) is 1. The van der Waals surface area contributed by atoms with Crippen LogP contribution in [0, 0.1) is 11.3 Å². The molecule has 0 radical (unpaired) electrons. The topological polar surface area (TPSA) is 66.8 Å². The van der Waals surface area contributed by atoms with Crippen molar-refractivity contribution in [3.05, 3.63) is 59.7 Å². The third-order valence-corrected chi connectivity index (χ3v) is 7.67. The van der Waals surface area contributed by atoms with E-state index in [9.17, 15) is 14.7 Å². The highest BCUT2D eigenvalue weighted by atomic mass is 16.6. The Labute approximate surface area is 189 Å². The van der Waals surface area contributed by atoms with E-state index in [1.807, 2.05) is 31.2 Å². The highest BCUT2D eigenvalue weighted by Crippen LogP contribution is 2.53. The van der Waals surface area contributed by atoms with Gasteiger partial charge in [-0.25, -0.2) is 9.59 Å². The average molecular weight is 434 g/mol. The summed E-state index contributed by atoms with van der Waals surface area (Å²) < 4.78 is 5.93. The highest BCUT2D eigenvalue weighted by Gasteiger charge is 2.62. The van der Waals surface area contributed by atoms with Crippen molar-refractivity contribution in [3.8, 4) is 11.1 Å². The lowest BCUT2D eigenvalue weighted by atomic mass is 9.84. The molecule has 5 heteroatoms. The van der Waals surface area contributed by atoms with Gasteiger partial charge in [0.25, 0.3) is 0 Å². The molecule has 2 saturated carbocycles. The predicted octanol–water partition coefficient (Wildman–Crippen LogP) is 5.68. The second-order valence-corrected chi connectivity index (χ2v) is 10.6. The molecule has 0 bridgehead atoms. The summed E-state index contributed by atoms with van der Waals surface area (Å²) in [5, 5.41) is 10.4. The summed E-state index contributed by atoms with van der Waals surface area (Å²) in [5.74, 6) is -1.07. The predicted molar refractivity (Wildman–Crippen MR) is 122 cm³/mol. The summed E-state index contributed by atoms with van der Waals surface area (Å²) in [6.45, 7) is 6.37. The van der Waals surface area contributed by atoms with E-state index in [-0.39, 0.29) is 29.9 Å². The zero-order valence-corrected chi connectivity index (χ0v) is 19.0. The van der Waals surface area contributed by atoms with Crippen molar-refractivity contribution in [1.29, 1.82) is 0 Å². The van der Waals surface area contributed by atoms with Crippen molar-refractivity contribution in [2.75, 3.05) is 6.61 Å². The summed E-state index contributed by atoms with van der Waals surface area (Å²) in [5.41, 5.74) is 3.33. The van der Waals surface area contributed by atoms with Crippen LogP contribution in [0.4, 0.5) is 4.79 Å². The largest absolute Gasteiger partial charge is 0.479 e. The number of benzene rings is 2. The zero-order valence-electron chi connectivity index (χ0n) is 19.0. The van der Waals surface area contributed by atoms with Crippen molar-refractivity contribution in [2.45, 2.75) is 64.0 Å². The van der Waals surface area contributed by atoms with E-state index in [2.05, 4.69) is 38.1 Å². The van der Waals surface area contributed by atoms with Crippen LogP contribution in [0.2, 0.25) is 0 Å². The molecule has 168 valence electrons. The van der Waals surface area contributed by atoms with Crippen LogP contribution in [-0.4, -0.2) is 40.3 Å². The van der Waals surface area contributed by atoms with Gasteiger partial charge in [0.1, 0.15) is 12.1 Å². The van der Waals surface area contributed by atoms with Gasteiger partial charge in [0, 0.05) is 12.0 Å². The molecule has 0 spiro atoms. The fourth-order valence-electron chi connectivity index (χ4n) is 6.32. The quantitative estimate of drug-likeness (QED) is 0.659. The van der Waals surface area contributed by atoms with Gasteiger partial charge in [0.2, 0.25) is 0 Å². The van der Waals surface area contributed by atoms with Gasteiger partial charge in [-0.1, -0.05) is 69.3 Å². The van der Waals surface area contributed by atoms with Gasteiger partial charge in [0.05, 0.1) is 0 Å². The number of aliphatic carboxylic acids is 1. The number of ether oxygens (including phenoxy) is 1. The Kier molecular flexibility index (Phi) is 4.84. The Morgan fingerprint density at radius 1 is 1.03 bits per heavy atom. The molecule has 0 heterocycles. The van der Waals surface area contributed by atoms with E-state index in [4.69, 9.17) is 4.74 Å². The SMILES string of the molecule is CC1CC(C)(C)CC1(C(=O)O)N(C(=O)OCC1c2ccccc2-c2ccccc21)C1CC1. The molecule has 2 unspecified atom stereocenters. The van der Waals surface area contributed by atoms with E-state index < -0.39 is 17.6 Å². The van der Waals surface area contributed by atoms with Gasteiger partial charge >= 0.3 is 12.1 Å². The summed E-state index contributed by atoms with van der Waals surface area (Å²) >= 11 is 0. The van der Waals surface area contributed by atoms with Crippen LogP contribution in [0.25, 0.3) is 11.1 Å². The molecular formula is C27H31NO4. The molecule has 0 saturated heterocycles. The number of nitrogens with zero attached hydrogens (tertiary/aromatic N) is 1. The van der Waals surface area contributed by atoms with Gasteiger partial charge in [-0.2, -0.15) is 0 Å². The van der Waals surface area contributed by atoms with E-state index in [0.717, 1.165) is 30.4 Å². The zero-order chi connectivity index (χ0) is 22.7. The second kappa shape index (κ2) is 7.36. The van der Waals surface area contributed by atoms with Crippen molar-refractivity contribution < 1.29 is 19.4 Å². The fourth-order valence-corrected chi connectivity index (χ4v) is 6.32. The number of carboxylic acid groups (broad SMARTS) is 1. The van der Waals surface area contributed by atoms with Crippen molar-refractivity contribution in [1.82, 2.24) is 4.90 Å². The Bertz CT molecular complexity index is 1030. The number of carbonyl (C=O) groups excluding carboxylic acids is 1. The van der Waals surface area contributed by atoms with Crippen LogP contribution in [0.1, 0.15) is 63.5 Å². The third kappa shape index (κ3) is 3.21. The lowest BCUT2D eigenvalue weighted by Crippen LogP contribution is -2.60. The van der Waals surface area contributed by atoms with Crippen LogP contribution >= 0.6 is 0 Å². The first-order valence-electron chi connectivity index (χ1n) is 11.6. The lowest BCUT2D eigenvalue weighted by Gasteiger charge is -2.41. The van der Waals surface area contributed by atoms with E-state index in [0.29, 0.717) is 6.42 Å². The number of carboxylic acids is 1. The number of rotatable bonds is 5. The summed E-state index contributed by atoms with van der Waals surface area (Å²) in [7, 11) is 0. The second-order valence-electron chi connectivity index (χ2n) is 10.6. The average Bonchev–Trinajstić information content (AvgIpc) is 3.47. The van der Waals surface area contributed by atoms with E-state index in [1.165, 1.54) is 11.1 Å². The molecule has 0 aliphatic heterocycles. The van der Waals surface area contributed by atoms with Crippen LogP contribution in [0.5, 0.6) is 0 Å². The maximum absolute atomic E-state index is 13.5. The lowest BCUT2D eigenvalue weighted by molar-refractivity contribution is -0.154. The highest BCUT2D eigenvalue weighted by molar-refractivity contribution is 5.86. The number of fused-ring (bicyclic) bond motifs is 3. The Morgan fingerprint density at radius 2 is 1.59 bits per heavy atom. The first kappa shape index (κ1) is 21.0. The monoisotopic (exact) mass is 433 g/mol. The first-order valence-corrected chi connectivity index (χ1v) is 11.6. The minimum atomic E-state index is -1.20. The minimum Gasteiger partial charge on any atom is -0.479 e. The number of carbonyl (C=O) groups is 2. The summed E-state index contributed by atoms with van der Waals surface area (Å²) in [6, 6.07) is 16.4. The molecule has 0 aromatic heterocycles. The molecule has 5 rings (SSSR count). The maximum Gasteiger partial charge on any atom is 0.411 e. The maximum atomic E-state index is 13.5. The fraction of sp³-hybridized carbons (Fsp3) is 0.481. The normalized spacial score (nSPS) is 25.8. The van der Waals surface area contributed by atoms with E-state index >= 15 is 0 Å². The third-order valence-electron chi connectivity index (χ3n) is 7.67. The number of amides is 1. The van der Waals surface area contributed by atoms with Crippen LogP contribution in [0.15, 0.2) is 48.5 Å². The molecule has 3 aliphatic rings. The van der Waals surface area contributed by atoms with Crippen molar-refractivity contribution in [3.63, 3.8) is 0 Å². The summed E-state index contributed by atoms with van der Waals surface area (Å²) in [4.78, 5) is 27.7. The Morgan fingerprint density at radius 3 is 2.06 bits per heavy atom. The molecule has 3 aliphatic carbocycles. The Balaban J connectivity index is 1.43.